The Bertz CT molecular complexity index is 565. The molecule has 0 bridgehead atoms. The lowest BCUT2D eigenvalue weighted by molar-refractivity contribution is -0.147. The van der Waals surface area contributed by atoms with E-state index in [4.69, 9.17) is 4.74 Å². The molecule has 128 valence electrons. The van der Waals surface area contributed by atoms with Crippen molar-refractivity contribution in [2.24, 2.45) is 11.8 Å². The van der Waals surface area contributed by atoms with Crippen LogP contribution in [0.15, 0.2) is 6.20 Å². The summed E-state index contributed by atoms with van der Waals surface area (Å²) in [6.07, 6.45) is 5.21. The van der Waals surface area contributed by atoms with Crippen LogP contribution in [0.2, 0.25) is 0 Å². The number of ether oxygens (including phenoxy) is 1. The van der Waals surface area contributed by atoms with Crippen molar-refractivity contribution in [3.63, 3.8) is 0 Å². The summed E-state index contributed by atoms with van der Waals surface area (Å²) in [6.45, 7) is 6.92. The first-order valence-corrected chi connectivity index (χ1v) is 8.35. The van der Waals surface area contributed by atoms with E-state index in [0.29, 0.717) is 11.5 Å². The van der Waals surface area contributed by atoms with Gasteiger partial charge < -0.3 is 10.1 Å². The fourth-order valence-electron chi connectivity index (χ4n) is 3.18. The van der Waals surface area contributed by atoms with Crippen LogP contribution in [0.25, 0.3) is 0 Å². The average molecular weight is 321 g/mol. The second kappa shape index (κ2) is 7.62. The van der Waals surface area contributed by atoms with Gasteiger partial charge in [-0.3, -0.25) is 14.3 Å². The minimum absolute atomic E-state index is 0.154. The number of hydrogen-bond donors (Lipinski definition) is 1. The molecule has 2 unspecified atom stereocenters. The highest BCUT2D eigenvalue weighted by molar-refractivity contribution is 5.95. The molecule has 1 amide bonds. The number of carbonyl (C=O) groups is 2. The maximum absolute atomic E-state index is 12.6. The van der Waals surface area contributed by atoms with Gasteiger partial charge in [0.2, 0.25) is 0 Å². The number of nitrogens with zero attached hydrogens (tertiary/aromatic N) is 2. The number of aromatic nitrogens is 2. The topological polar surface area (TPSA) is 73.2 Å². The van der Waals surface area contributed by atoms with Gasteiger partial charge in [-0.2, -0.15) is 5.10 Å². The summed E-state index contributed by atoms with van der Waals surface area (Å²) in [4.78, 5) is 24.5. The Balaban J connectivity index is 2.08. The van der Waals surface area contributed by atoms with E-state index in [2.05, 4.69) is 24.3 Å². The lowest BCUT2D eigenvalue weighted by atomic mass is 9.84. The predicted octanol–water partition coefficient (Wildman–Crippen LogP) is 2.31. The minimum atomic E-state index is -0.247. The second-order valence-electron chi connectivity index (χ2n) is 6.71. The highest BCUT2D eigenvalue weighted by Crippen LogP contribution is 2.26. The number of hydrogen-bond acceptors (Lipinski definition) is 4. The molecule has 1 aliphatic carbocycles. The van der Waals surface area contributed by atoms with Gasteiger partial charge in [-0.25, -0.2) is 0 Å². The van der Waals surface area contributed by atoms with Crippen molar-refractivity contribution in [3.8, 4) is 0 Å². The lowest BCUT2D eigenvalue weighted by Gasteiger charge is -2.30. The molecule has 6 nitrogen and oxygen atoms in total. The van der Waals surface area contributed by atoms with Gasteiger partial charge in [-0.1, -0.05) is 26.7 Å². The van der Waals surface area contributed by atoms with Crippen LogP contribution in [-0.4, -0.2) is 34.8 Å². The predicted molar refractivity (Wildman–Crippen MR) is 87.0 cm³/mol. The molecule has 6 heteroatoms. The van der Waals surface area contributed by atoms with Gasteiger partial charge in [-0.05, 0) is 25.7 Å². The molecule has 1 heterocycles. The fraction of sp³-hybridized carbons (Fsp3) is 0.706. The van der Waals surface area contributed by atoms with Crippen LogP contribution in [0.1, 0.15) is 55.6 Å². The third-order valence-electron chi connectivity index (χ3n) is 4.47. The first kappa shape index (κ1) is 17.5. The molecule has 0 saturated heterocycles. The Morgan fingerprint density at radius 3 is 2.74 bits per heavy atom. The van der Waals surface area contributed by atoms with Gasteiger partial charge in [0.05, 0.1) is 24.8 Å². The monoisotopic (exact) mass is 321 g/mol. The van der Waals surface area contributed by atoms with Crippen LogP contribution in [0.5, 0.6) is 0 Å². The summed E-state index contributed by atoms with van der Waals surface area (Å²) >= 11 is 0. The van der Waals surface area contributed by atoms with Gasteiger partial charge >= 0.3 is 5.97 Å². The van der Waals surface area contributed by atoms with Crippen LogP contribution in [0.4, 0.5) is 0 Å². The zero-order valence-electron chi connectivity index (χ0n) is 14.5. The van der Waals surface area contributed by atoms with E-state index in [1.807, 2.05) is 11.6 Å². The Morgan fingerprint density at radius 2 is 2.09 bits per heavy atom. The van der Waals surface area contributed by atoms with Crippen molar-refractivity contribution in [1.82, 2.24) is 15.1 Å². The van der Waals surface area contributed by atoms with Crippen LogP contribution in [-0.2, 0) is 16.1 Å². The summed E-state index contributed by atoms with van der Waals surface area (Å²) < 4.78 is 6.73. The highest BCUT2D eigenvalue weighted by Gasteiger charge is 2.33. The summed E-state index contributed by atoms with van der Waals surface area (Å²) in [7, 11) is 1.40. The molecular formula is C17H27N3O3. The van der Waals surface area contributed by atoms with E-state index >= 15 is 0 Å². The Kier molecular flexibility index (Phi) is 5.80. The number of methoxy groups -OCH3 is 1. The summed E-state index contributed by atoms with van der Waals surface area (Å²) in [6, 6.07) is -0.156. The van der Waals surface area contributed by atoms with E-state index in [-0.39, 0.29) is 23.8 Å². The fourth-order valence-corrected chi connectivity index (χ4v) is 3.18. The number of nitrogens with one attached hydrogen (secondary N) is 1. The van der Waals surface area contributed by atoms with Crippen molar-refractivity contribution < 1.29 is 14.3 Å². The van der Waals surface area contributed by atoms with Crippen molar-refractivity contribution in [3.05, 3.63) is 17.5 Å². The number of carbonyl (C=O) groups excluding carboxylic acids is 2. The summed E-state index contributed by atoms with van der Waals surface area (Å²) in [5.74, 6) is -0.171. The molecule has 2 rings (SSSR count). The van der Waals surface area contributed by atoms with Gasteiger partial charge in [-0.15, -0.1) is 0 Å². The third kappa shape index (κ3) is 4.12. The van der Waals surface area contributed by atoms with Crippen LogP contribution < -0.4 is 5.32 Å². The Labute approximate surface area is 137 Å². The molecule has 0 radical (unpaired) electrons. The first-order chi connectivity index (χ1) is 10.9. The molecule has 0 aromatic carbocycles. The molecule has 0 aliphatic heterocycles. The van der Waals surface area contributed by atoms with Crippen LogP contribution in [0.3, 0.4) is 0 Å². The van der Waals surface area contributed by atoms with Crippen molar-refractivity contribution in [1.29, 1.82) is 0 Å². The smallest absolute Gasteiger partial charge is 0.310 e. The van der Waals surface area contributed by atoms with Gasteiger partial charge in [0, 0.05) is 18.3 Å². The first-order valence-electron chi connectivity index (χ1n) is 8.35. The zero-order chi connectivity index (χ0) is 17.0. The molecule has 1 N–H and O–H groups in total. The normalized spacial score (nSPS) is 21.3. The van der Waals surface area contributed by atoms with Crippen LogP contribution in [0, 0.1) is 18.8 Å². The second-order valence-corrected chi connectivity index (χ2v) is 6.71. The van der Waals surface area contributed by atoms with Gasteiger partial charge in [0.15, 0.2) is 0 Å². The minimum Gasteiger partial charge on any atom is -0.469 e. The standard InChI is InChI=1S/C17H27N3O3/c1-11(2)10-20-12(3)14(9-18-20)16(21)19-15-8-6-5-7-13(15)17(22)23-4/h9,11,13,15H,5-8,10H2,1-4H3,(H,19,21). The molecule has 1 fully saturated rings. The summed E-state index contributed by atoms with van der Waals surface area (Å²) in [5.41, 5.74) is 1.45. The molecule has 23 heavy (non-hydrogen) atoms. The largest absolute Gasteiger partial charge is 0.469 e. The van der Waals surface area contributed by atoms with E-state index in [0.717, 1.165) is 37.9 Å². The molecule has 1 aromatic heterocycles. The number of amides is 1. The van der Waals surface area contributed by atoms with Crippen LogP contribution >= 0.6 is 0 Å². The quantitative estimate of drug-likeness (QED) is 0.845. The SMILES string of the molecule is COC(=O)C1CCCCC1NC(=O)c1cnn(CC(C)C)c1C. The third-order valence-corrected chi connectivity index (χ3v) is 4.47. The maximum Gasteiger partial charge on any atom is 0.310 e. The number of esters is 1. The van der Waals surface area contributed by atoms with Crippen molar-refractivity contribution in [2.45, 2.75) is 59.0 Å². The molecule has 1 saturated carbocycles. The average Bonchev–Trinajstić information content (AvgIpc) is 2.87. The highest BCUT2D eigenvalue weighted by atomic mass is 16.5. The van der Waals surface area contributed by atoms with Gasteiger partial charge in [0.1, 0.15) is 0 Å². The molecule has 0 spiro atoms. The van der Waals surface area contributed by atoms with E-state index < -0.39 is 0 Å². The maximum atomic E-state index is 12.6. The zero-order valence-corrected chi connectivity index (χ0v) is 14.5. The summed E-state index contributed by atoms with van der Waals surface area (Å²) in [5, 5.41) is 7.32. The lowest BCUT2D eigenvalue weighted by Crippen LogP contribution is -2.45. The molecular weight excluding hydrogens is 294 g/mol. The molecule has 1 aromatic rings. The molecule has 1 aliphatic rings. The number of rotatable bonds is 5. The van der Waals surface area contributed by atoms with Gasteiger partial charge in [0.25, 0.3) is 5.91 Å². The Morgan fingerprint density at radius 1 is 1.39 bits per heavy atom. The van der Waals surface area contributed by atoms with E-state index in [1.54, 1.807) is 6.20 Å². The van der Waals surface area contributed by atoms with Crippen molar-refractivity contribution in [2.75, 3.05) is 7.11 Å². The Hall–Kier alpha value is -1.85. The van der Waals surface area contributed by atoms with Crippen molar-refractivity contribution >= 4 is 11.9 Å². The molecule has 2 atom stereocenters. The van der Waals surface area contributed by atoms with E-state index in [1.165, 1.54) is 7.11 Å². The van der Waals surface area contributed by atoms with E-state index in [9.17, 15) is 9.59 Å².